The Morgan fingerprint density at radius 3 is 2.52 bits per heavy atom. The molecule has 1 aliphatic rings. The second kappa shape index (κ2) is 11.4. The number of amides is 1. The fourth-order valence-corrected chi connectivity index (χ4v) is 3.82. The van der Waals surface area contributed by atoms with E-state index in [1.165, 1.54) is 18.4 Å². The quantitative estimate of drug-likeness (QED) is 0.614. The standard InChI is InChI=1S/C20H32N2O2.ClH/c1-24-18-11-6-5-10-17(18)20(13-7-8-14-20)16-22-19(23)12-4-2-3-9-15-21;/h5-6,10-11H,2-4,7-9,12-16,21H2,1H3,(H,22,23);1H. The van der Waals surface area contributed by atoms with Crippen molar-refractivity contribution in [1.29, 1.82) is 0 Å². The van der Waals surface area contributed by atoms with Crippen molar-refractivity contribution < 1.29 is 9.53 Å². The molecular formula is C20H33ClN2O2. The lowest BCUT2D eigenvalue weighted by atomic mass is 9.78. The zero-order valence-electron chi connectivity index (χ0n) is 15.4. The van der Waals surface area contributed by atoms with Crippen LogP contribution in [0.4, 0.5) is 0 Å². The fraction of sp³-hybridized carbons (Fsp3) is 0.650. The Hall–Kier alpha value is -1.26. The molecule has 0 radical (unpaired) electrons. The third-order valence-electron chi connectivity index (χ3n) is 5.22. The number of nitrogens with two attached hydrogens (primary N) is 1. The van der Waals surface area contributed by atoms with Crippen LogP contribution in [0.1, 0.15) is 63.4 Å². The summed E-state index contributed by atoms with van der Waals surface area (Å²) in [5.41, 5.74) is 6.77. The summed E-state index contributed by atoms with van der Waals surface area (Å²) in [6.07, 6.45) is 9.49. The Morgan fingerprint density at radius 2 is 1.84 bits per heavy atom. The molecule has 4 nitrogen and oxygen atoms in total. The maximum atomic E-state index is 12.2. The lowest BCUT2D eigenvalue weighted by Crippen LogP contribution is -2.39. The highest BCUT2D eigenvalue weighted by molar-refractivity contribution is 5.85. The molecule has 0 heterocycles. The maximum absolute atomic E-state index is 12.2. The Labute approximate surface area is 158 Å². The number of benzene rings is 1. The van der Waals surface area contributed by atoms with Crippen molar-refractivity contribution in [1.82, 2.24) is 5.32 Å². The highest BCUT2D eigenvalue weighted by Gasteiger charge is 2.37. The van der Waals surface area contributed by atoms with Crippen molar-refractivity contribution in [3.8, 4) is 5.75 Å². The molecule has 1 saturated carbocycles. The van der Waals surface area contributed by atoms with Gasteiger partial charge in [0, 0.05) is 23.9 Å². The van der Waals surface area contributed by atoms with Crippen molar-refractivity contribution in [3.63, 3.8) is 0 Å². The van der Waals surface area contributed by atoms with Crippen molar-refractivity contribution in [3.05, 3.63) is 29.8 Å². The molecule has 1 aromatic carbocycles. The molecule has 1 aliphatic carbocycles. The van der Waals surface area contributed by atoms with Crippen LogP contribution in [0.2, 0.25) is 0 Å². The van der Waals surface area contributed by atoms with Crippen LogP contribution in [0.15, 0.2) is 24.3 Å². The smallest absolute Gasteiger partial charge is 0.220 e. The average molecular weight is 369 g/mol. The first-order chi connectivity index (χ1) is 11.7. The van der Waals surface area contributed by atoms with Crippen LogP contribution in [0.25, 0.3) is 0 Å². The van der Waals surface area contributed by atoms with Gasteiger partial charge in [0.2, 0.25) is 5.91 Å². The van der Waals surface area contributed by atoms with E-state index in [1.807, 2.05) is 12.1 Å². The van der Waals surface area contributed by atoms with Gasteiger partial charge in [0.25, 0.3) is 0 Å². The van der Waals surface area contributed by atoms with E-state index in [1.54, 1.807) is 7.11 Å². The number of unbranched alkanes of at least 4 members (excludes halogenated alkanes) is 3. The summed E-state index contributed by atoms with van der Waals surface area (Å²) in [4.78, 5) is 12.2. The summed E-state index contributed by atoms with van der Waals surface area (Å²) in [5, 5.41) is 3.19. The fourth-order valence-electron chi connectivity index (χ4n) is 3.82. The highest BCUT2D eigenvalue weighted by Crippen LogP contribution is 2.44. The van der Waals surface area contributed by atoms with Crippen LogP contribution in [0, 0.1) is 0 Å². The van der Waals surface area contributed by atoms with E-state index in [4.69, 9.17) is 10.5 Å². The SMILES string of the molecule is COc1ccccc1C1(CNC(=O)CCCCCCN)CCCC1.Cl. The minimum Gasteiger partial charge on any atom is -0.496 e. The van der Waals surface area contributed by atoms with Gasteiger partial charge < -0.3 is 15.8 Å². The predicted octanol–water partition coefficient (Wildman–Crippen LogP) is 3.95. The second-order valence-electron chi connectivity index (χ2n) is 6.92. The van der Waals surface area contributed by atoms with Gasteiger partial charge >= 0.3 is 0 Å². The second-order valence-corrected chi connectivity index (χ2v) is 6.92. The lowest BCUT2D eigenvalue weighted by molar-refractivity contribution is -0.121. The first-order valence-electron chi connectivity index (χ1n) is 9.32. The third-order valence-corrected chi connectivity index (χ3v) is 5.22. The van der Waals surface area contributed by atoms with Crippen LogP contribution in [-0.2, 0) is 10.2 Å². The monoisotopic (exact) mass is 368 g/mol. The summed E-state index contributed by atoms with van der Waals surface area (Å²) >= 11 is 0. The molecule has 0 spiro atoms. The number of hydrogen-bond acceptors (Lipinski definition) is 3. The van der Waals surface area contributed by atoms with Crippen LogP contribution in [0.3, 0.4) is 0 Å². The Morgan fingerprint density at radius 1 is 1.16 bits per heavy atom. The van der Waals surface area contributed by atoms with Gasteiger partial charge in [-0.2, -0.15) is 0 Å². The number of para-hydroxylation sites is 1. The zero-order valence-corrected chi connectivity index (χ0v) is 16.2. The highest BCUT2D eigenvalue weighted by atomic mass is 35.5. The van der Waals surface area contributed by atoms with Crippen LogP contribution < -0.4 is 15.8 Å². The number of carbonyl (C=O) groups excluding carboxylic acids is 1. The molecule has 5 heteroatoms. The largest absolute Gasteiger partial charge is 0.496 e. The summed E-state index contributed by atoms with van der Waals surface area (Å²) < 4.78 is 5.57. The molecule has 0 unspecified atom stereocenters. The maximum Gasteiger partial charge on any atom is 0.220 e. The van der Waals surface area contributed by atoms with Gasteiger partial charge in [0.1, 0.15) is 5.75 Å². The summed E-state index contributed by atoms with van der Waals surface area (Å²) in [5.74, 6) is 1.11. The summed E-state index contributed by atoms with van der Waals surface area (Å²) in [6.45, 7) is 1.46. The third kappa shape index (κ3) is 6.19. The normalized spacial score (nSPS) is 15.4. The van der Waals surface area contributed by atoms with Gasteiger partial charge in [-0.05, 0) is 38.3 Å². The lowest BCUT2D eigenvalue weighted by Gasteiger charge is -2.31. The first kappa shape index (κ1) is 21.8. The van der Waals surface area contributed by atoms with E-state index in [2.05, 4.69) is 17.4 Å². The predicted molar refractivity (Wildman–Crippen MR) is 106 cm³/mol. The first-order valence-corrected chi connectivity index (χ1v) is 9.32. The van der Waals surface area contributed by atoms with Crippen LogP contribution in [0.5, 0.6) is 5.75 Å². The minimum absolute atomic E-state index is 0. The van der Waals surface area contributed by atoms with Gasteiger partial charge in [-0.15, -0.1) is 12.4 Å². The molecule has 2 rings (SSSR count). The van der Waals surface area contributed by atoms with E-state index in [9.17, 15) is 4.79 Å². The molecular weight excluding hydrogens is 336 g/mol. The number of methoxy groups -OCH3 is 1. The summed E-state index contributed by atoms with van der Waals surface area (Å²) in [6, 6.07) is 8.25. The Kier molecular flexibility index (Phi) is 9.91. The van der Waals surface area contributed by atoms with E-state index in [0.717, 1.165) is 57.4 Å². The number of ether oxygens (including phenoxy) is 1. The van der Waals surface area contributed by atoms with Gasteiger partial charge in [0.15, 0.2) is 0 Å². The van der Waals surface area contributed by atoms with Gasteiger partial charge in [-0.25, -0.2) is 0 Å². The number of halogens is 1. The molecule has 0 aliphatic heterocycles. The van der Waals surface area contributed by atoms with E-state index in [0.29, 0.717) is 6.42 Å². The Balaban J connectivity index is 0.00000312. The summed E-state index contributed by atoms with van der Waals surface area (Å²) in [7, 11) is 1.72. The molecule has 0 saturated heterocycles. The van der Waals surface area contributed by atoms with Crippen molar-refractivity contribution in [2.24, 2.45) is 5.73 Å². The van der Waals surface area contributed by atoms with Gasteiger partial charge in [-0.3, -0.25) is 4.79 Å². The molecule has 0 atom stereocenters. The van der Waals surface area contributed by atoms with Crippen molar-refractivity contribution in [2.75, 3.05) is 20.2 Å². The molecule has 1 amide bonds. The van der Waals surface area contributed by atoms with Crippen LogP contribution in [-0.4, -0.2) is 26.1 Å². The topological polar surface area (TPSA) is 64.3 Å². The molecule has 0 aromatic heterocycles. The molecule has 142 valence electrons. The van der Waals surface area contributed by atoms with Crippen molar-refractivity contribution >= 4 is 18.3 Å². The number of nitrogens with one attached hydrogen (secondary N) is 1. The van der Waals surface area contributed by atoms with E-state index < -0.39 is 0 Å². The molecule has 0 bridgehead atoms. The van der Waals surface area contributed by atoms with Gasteiger partial charge in [0.05, 0.1) is 7.11 Å². The number of hydrogen-bond donors (Lipinski definition) is 2. The Bertz CT molecular complexity index is 516. The van der Waals surface area contributed by atoms with Crippen LogP contribution >= 0.6 is 12.4 Å². The molecule has 1 aromatic rings. The average Bonchev–Trinajstić information content (AvgIpc) is 3.10. The number of carbonyl (C=O) groups is 1. The molecule has 1 fully saturated rings. The minimum atomic E-state index is 0. The zero-order chi connectivity index (χ0) is 17.3. The number of rotatable bonds is 10. The van der Waals surface area contributed by atoms with E-state index >= 15 is 0 Å². The molecule has 25 heavy (non-hydrogen) atoms. The van der Waals surface area contributed by atoms with E-state index in [-0.39, 0.29) is 23.7 Å². The van der Waals surface area contributed by atoms with Crippen molar-refractivity contribution in [2.45, 2.75) is 63.2 Å². The van der Waals surface area contributed by atoms with Gasteiger partial charge in [-0.1, -0.05) is 43.9 Å². The molecule has 3 N–H and O–H groups in total.